The van der Waals surface area contributed by atoms with Gasteiger partial charge in [0.25, 0.3) is 0 Å². The fourth-order valence-electron chi connectivity index (χ4n) is 2.63. The summed E-state index contributed by atoms with van der Waals surface area (Å²) in [4.78, 5) is 24.0. The molecule has 0 saturated carbocycles. The fourth-order valence-corrected chi connectivity index (χ4v) is 2.63. The van der Waals surface area contributed by atoms with Crippen LogP contribution in [-0.4, -0.2) is 40.7 Å². The van der Waals surface area contributed by atoms with Gasteiger partial charge in [-0.3, -0.25) is 4.79 Å². The van der Waals surface area contributed by atoms with E-state index in [-0.39, 0.29) is 24.4 Å². The Morgan fingerprint density at radius 3 is 2.57 bits per heavy atom. The molecule has 21 heavy (non-hydrogen) atoms. The standard InChI is InChI=1S/C16H22N2O3/c1-4-15(19)18-16(20)21-11-14(17(18)12(2)3)10-13-8-6-5-7-9-13/h5-9,12,14H,4,10-11H2,1-3H3/t14-/m0/s1. The van der Waals surface area contributed by atoms with E-state index in [0.717, 1.165) is 12.0 Å². The first kappa shape index (κ1) is 15.5. The van der Waals surface area contributed by atoms with E-state index in [1.807, 2.05) is 49.2 Å². The van der Waals surface area contributed by atoms with Gasteiger partial charge in [-0.1, -0.05) is 37.3 Å². The molecule has 1 fully saturated rings. The Balaban J connectivity index is 2.23. The highest BCUT2D eigenvalue weighted by Gasteiger charge is 2.40. The van der Waals surface area contributed by atoms with Crippen LogP contribution in [0.3, 0.4) is 0 Å². The van der Waals surface area contributed by atoms with Crippen molar-refractivity contribution in [3.63, 3.8) is 0 Å². The van der Waals surface area contributed by atoms with E-state index < -0.39 is 6.09 Å². The predicted molar refractivity (Wildman–Crippen MR) is 79.4 cm³/mol. The SMILES string of the molecule is CCC(=O)N1C(=O)OC[C@H](Cc2ccccc2)N1C(C)C. The number of hydrogen-bond acceptors (Lipinski definition) is 4. The Morgan fingerprint density at radius 1 is 1.33 bits per heavy atom. The van der Waals surface area contributed by atoms with Crippen LogP contribution < -0.4 is 0 Å². The Hall–Kier alpha value is -1.88. The van der Waals surface area contributed by atoms with Gasteiger partial charge in [-0.25, -0.2) is 4.79 Å². The van der Waals surface area contributed by atoms with Crippen LogP contribution in [0.25, 0.3) is 0 Å². The second-order valence-electron chi connectivity index (χ2n) is 5.45. The number of benzene rings is 1. The van der Waals surface area contributed by atoms with Crippen molar-refractivity contribution in [2.45, 2.75) is 45.7 Å². The third-order valence-corrected chi connectivity index (χ3v) is 3.56. The average Bonchev–Trinajstić information content (AvgIpc) is 2.48. The monoisotopic (exact) mass is 290 g/mol. The summed E-state index contributed by atoms with van der Waals surface area (Å²) in [5.74, 6) is -0.230. The van der Waals surface area contributed by atoms with Gasteiger partial charge < -0.3 is 4.74 Å². The zero-order valence-electron chi connectivity index (χ0n) is 12.8. The van der Waals surface area contributed by atoms with Gasteiger partial charge >= 0.3 is 6.09 Å². The third-order valence-electron chi connectivity index (χ3n) is 3.56. The first-order valence-corrected chi connectivity index (χ1v) is 7.36. The van der Waals surface area contributed by atoms with Gasteiger partial charge in [-0.2, -0.15) is 10.0 Å². The molecule has 1 aromatic carbocycles. The van der Waals surface area contributed by atoms with Crippen molar-refractivity contribution in [3.8, 4) is 0 Å². The summed E-state index contributed by atoms with van der Waals surface area (Å²) in [6, 6.07) is 10.0. The van der Waals surface area contributed by atoms with Crippen LogP contribution in [0.4, 0.5) is 4.79 Å². The molecule has 1 heterocycles. The molecule has 1 aliphatic heterocycles. The van der Waals surface area contributed by atoms with Gasteiger partial charge in [0, 0.05) is 12.5 Å². The van der Waals surface area contributed by atoms with E-state index in [4.69, 9.17) is 4.74 Å². The van der Waals surface area contributed by atoms with Crippen LogP contribution in [-0.2, 0) is 16.0 Å². The van der Waals surface area contributed by atoms with E-state index in [1.165, 1.54) is 5.01 Å². The van der Waals surface area contributed by atoms with E-state index >= 15 is 0 Å². The lowest BCUT2D eigenvalue weighted by molar-refractivity contribution is -0.164. The minimum atomic E-state index is -0.570. The number of amides is 2. The first-order chi connectivity index (χ1) is 10.0. The van der Waals surface area contributed by atoms with Gasteiger partial charge in [0.2, 0.25) is 5.91 Å². The number of carbonyl (C=O) groups excluding carboxylic acids is 2. The molecule has 0 N–H and O–H groups in total. The van der Waals surface area contributed by atoms with E-state index in [2.05, 4.69) is 0 Å². The molecule has 0 radical (unpaired) electrons. The van der Waals surface area contributed by atoms with Crippen molar-refractivity contribution in [3.05, 3.63) is 35.9 Å². The smallest absolute Gasteiger partial charge is 0.431 e. The summed E-state index contributed by atoms with van der Waals surface area (Å²) >= 11 is 0. The molecule has 5 heteroatoms. The summed E-state index contributed by atoms with van der Waals surface area (Å²) in [6.45, 7) is 6.01. The maximum absolute atomic E-state index is 12.1. The molecule has 0 spiro atoms. The molecule has 0 unspecified atom stereocenters. The zero-order valence-corrected chi connectivity index (χ0v) is 12.8. The highest BCUT2D eigenvalue weighted by molar-refractivity contribution is 5.91. The molecule has 114 valence electrons. The van der Waals surface area contributed by atoms with E-state index in [0.29, 0.717) is 6.61 Å². The van der Waals surface area contributed by atoms with Crippen molar-refractivity contribution in [1.82, 2.24) is 10.0 Å². The molecule has 0 aromatic heterocycles. The van der Waals surface area contributed by atoms with Crippen LogP contribution in [0.15, 0.2) is 30.3 Å². The average molecular weight is 290 g/mol. The molecule has 1 aromatic rings. The predicted octanol–water partition coefficient (Wildman–Crippen LogP) is 2.61. The Morgan fingerprint density at radius 2 is 2.00 bits per heavy atom. The Kier molecular flexibility index (Phi) is 4.96. The maximum atomic E-state index is 12.1. The van der Waals surface area contributed by atoms with Crippen molar-refractivity contribution in [1.29, 1.82) is 0 Å². The van der Waals surface area contributed by atoms with E-state index in [1.54, 1.807) is 6.92 Å². The van der Waals surface area contributed by atoms with Crippen molar-refractivity contribution in [2.24, 2.45) is 0 Å². The molecule has 1 saturated heterocycles. The number of ether oxygens (including phenoxy) is 1. The second kappa shape index (κ2) is 6.72. The summed E-state index contributed by atoms with van der Waals surface area (Å²) in [7, 11) is 0. The molecule has 0 bridgehead atoms. The number of carbonyl (C=O) groups is 2. The first-order valence-electron chi connectivity index (χ1n) is 7.36. The molecular formula is C16H22N2O3. The van der Waals surface area contributed by atoms with Crippen LogP contribution in [0.2, 0.25) is 0 Å². The fraction of sp³-hybridized carbons (Fsp3) is 0.500. The largest absolute Gasteiger partial charge is 0.446 e. The number of imide groups is 1. The normalized spacial score (nSPS) is 19.7. The van der Waals surface area contributed by atoms with E-state index in [9.17, 15) is 9.59 Å². The van der Waals surface area contributed by atoms with Gasteiger partial charge in [0.1, 0.15) is 6.61 Å². The number of cyclic esters (lactones) is 1. The lowest BCUT2D eigenvalue weighted by atomic mass is 10.0. The summed E-state index contributed by atoms with van der Waals surface area (Å²) in [6.07, 6.45) is 0.441. The van der Waals surface area contributed by atoms with Crippen LogP contribution in [0.1, 0.15) is 32.8 Å². The summed E-state index contributed by atoms with van der Waals surface area (Å²) < 4.78 is 5.20. The molecule has 1 atom stereocenters. The zero-order chi connectivity index (χ0) is 15.4. The number of hydrogen-bond donors (Lipinski definition) is 0. The number of nitrogens with zero attached hydrogens (tertiary/aromatic N) is 2. The minimum Gasteiger partial charge on any atom is -0.446 e. The minimum absolute atomic E-state index is 0.0272. The molecule has 2 rings (SSSR count). The molecular weight excluding hydrogens is 268 g/mol. The van der Waals surface area contributed by atoms with Crippen molar-refractivity contribution >= 4 is 12.0 Å². The quantitative estimate of drug-likeness (QED) is 0.855. The Bertz CT molecular complexity index is 494. The van der Waals surface area contributed by atoms with Crippen molar-refractivity contribution < 1.29 is 14.3 Å². The summed E-state index contributed by atoms with van der Waals surface area (Å²) in [5, 5.41) is 3.02. The van der Waals surface area contributed by atoms with Gasteiger partial charge in [-0.15, -0.1) is 0 Å². The molecule has 0 aliphatic carbocycles. The number of rotatable bonds is 4. The Labute approximate surface area is 125 Å². The lowest BCUT2D eigenvalue weighted by Gasteiger charge is -2.44. The topological polar surface area (TPSA) is 49.9 Å². The number of hydrazine groups is 1. The van der Waals surface area contributed by atoms with Gasteiger partial charge in [0.15, 0.2) is 0 Å². The molecule has 2 amide bonds. The van der Waals surface area contributed by atoms with Crippen LogP contribution in [0, 0.1) is 0 Å². The third kappa shape index (κ3) is 3.42. The van der Waals surface area contributed by atoms with Gasteiger partial charge in [-0.05, 0) is 25.8 Å². The van der Waals surface area contributed by atoms with Crippen LogP contribution >= 0.6 is 0 Å². The van der Waals surface area contributed by atoms with Gasteiger partial charge in [0.05, 0.1) is 6.04 Å². The molecule has 1 aliphatic rings. The summed E-state index contributed by atoms with van der Waals surface area (Å²) in [5.41, 5.74) is 1.16. The molecule has 5 nitrogen and oxygen atoms in total. The second-order valence-corrected chi connectivity index (χ2v) is 5.45. The van der Waals surface area contributed by atoms with Crippen molar-refractivity contribution in [2.75, 3.05) is 6.61 Å². The van der Waals surface area contributed by atoms with Crippen LogP contribution in [0.5, 0.6) is 0 Å². The highest BCUT2D eigenvalue weighted by Crippen LogP contribution is 2.21. The maximum Gasteiger partial charge on any atom is 0.431 e. The highest BCUT2D eigenvalue weighted by atomic mass is 16.6. The lowest BCUT2D eigenvalue weighted by Crippen LogP contribution is -2.62.